The van der Waals surface area contributed by atoms with Crippen molar-refractivity contribution in [3.8, 4) is 0 Å². The third kappa shape index (κ3) is 4.34. The molecule has 2 N–H and O–H groups in total. The second-order valence-electron chi connectivity index (χ2n) is 6.65. The summed E-state index contributed by atoms with van der Waals surface area (Å²) >= 11 is 0. The van der Waals surface area contributed by atoms with E-state index >= 15 is 0 Å². The summed E-state index contributed by atoms with van der Waals surface area (Å²) < 4.78 is 0. The molecule has 2 amide bonds. The maximum atomic E-state index is 12.6. The lowest BCUT2D eigenvalue weighted by Gasteiger charge is -2.20. The molecule has 0 bridgehead atoms. The minimum atomic E-state index is -0.926. The Balaban J connectivity index is 1.70. The van der Waals surface area contributed by atoms with E-state index in [1.54, 1.807) is 29.2 Å². The Morgan fingerprint density at radius 1 is 1.19 bits per heavy atom. The molecule has 2 aromatic carbocycles. The maximum absolute atomic E-state index is 12.6. The highest BCUT2D eigenvalue weighted by Crippen LogP contribution is 2.29. The Hall–Kier alpha value is -3.15. The number of carbonyl (C=O) groups excluding carboxylic acids is 2. The van der Waals surface area contributed by atoms with E-state index in [4.69, 9.17) is 5.11 Å². The van der Waals surface area contributed by atoms with Gasteiger partial charge in [0.1, 0.15) is 0 Å². The molecule has 1 heterocycles. The number of carbonyl (C=O) groups is 3. The van der Waals surface area contributed by atoms with Gasteiger partial charge in [0.25, 0.3) is 0 Å². The van der Waals surface area contributed by atoms with Crippen LogP contribution in [0.1, 0.15) is 24.5 Å². The standard InChI is InChI=1S/C21H22N2O4/c1-2-15-7-3-4-9-18(15)23-13-16(12-19(23)24)21(27)22-17-8-5-6-14(10-17)11-20(25)26/h3-10,16H,2,11-13H2,1H3,(H,22,27)(H,25,26). The fourth-order valence-electron chi connectivity index (χ4n) is 3.37. The van der Waals surface area contributed by atoms with E-state index in [0.29, 0.717) is 17.8 Å². The molecule has 0 aliphatic carbocycles. The fourth-order valence-corrected chi connectivity index (χ4v) is 3.37. The van der Waals surface area contributed by atoms with Crippen molar-refractivity contribution < 1.29 is 19.5 Å². The van der Waals surface area contributed by atoms with Gasteiger partial charge in [-0.05, 0) is 35.7 Å². The zero-order valence-electron chi connectivity index (χ0n) is 15.1. The van der Waals surface area contributed by atoms with Crippen LogP contribution in [-0.2, 0) is 27.2 Å². The minimum Gasteiger partial charge on any atom is -0.481 e. The average molecular weight is 366 g/mol. The van der Waals surface area contributed by atoms with Gasteiger partial charge in [0.05, 0.1) is 12.3 Å². The number of amides is 2. The van der Waals surface area contributed by atoms with Crippen LogP contribution in [-0.4, -0.2) is 29.4 Å². The Morgan fingerprint density at radius 2 is 1.96 bits per heavy atom. The van der Waals surface area contributed by atoms with Gasteiger partial charge < -0.3 is 15.3 Å². The number of nitrogens with zero attached hydrogens (tertiary/aromatic N) is 1. The molecule has 0 saturated carbocycles. The highest BCUT2D eigenvalue weighted by atomic mass is 16.4. The lowest BCUT2D eigenvalue weighted by Crippen LogP contribution is -2.28. The van der Waals surface area contributed by atoms with Crippen LogP contribution < -0.4 is 10.2 Å². The molecule has 1 aliphatic rings. The number of hydrogen-bond acceptors (Lipinski definition) is 3. The van der Waals surface area contributed by atoms with Gasteiger partial charge in [-0.3, -0.25) is 14.4 Å². The highest BCUT2D eigenvalue weighted by molar-refractivity contribution is 6.03. The number of carboxylic acids is 1. The second-order valence-corrected chi connectivity index (χ2v) is 6.65. The monoisotopic (exact) mass is 366 g/mol. The number of carboxylic acid groups (broad SMARTS) is 1. The zero-order valence-corrected chi connectivity index (χ0v) is 15.1. The van der Waals surface area contributed by atoms with Gasteiger partial charge in [0.15, 0.2) is 0 Å². The van der Waals surface area contributed by atoms with Crippen LogP contribution in [0.15, 0.2) is 48.5 Å². The first-order valence-electron chi connectivity index (χ1n) is 8.97. The van der Waals surface area contributed by atoms with Crippen molar-refractivity contribution in [3.63, 3.8) is 0 Å². The lowest BCUT2D eigenvalue weighted by molar-refractivity contribution is -0.136. The number of anilines is 2. The summed E-state index contributed by atoms with van der Waals surface area (Å²) in [6.45, 7) is 2.38. The molecule has 1 saturated heterocycles. The molecular weight excluding hydrogens is 344 g/mol. The normalized spacial score (nSPS) is 16.4. The first-order valence-corrected chi connectivity index (χ1v) is 8.97. The third-order valence-electron chi connectivity index (χ3n) is 4.71. The van der Waals surface area contributed by atoms with Crippen molar-refractivity contribution in [2.24, 2.45) is 5.92 Å². The molecule has 1 fully saturated rings. The molecule has 0 radical (unpaired) electrons. The molecule has 27 heavy (non-hydrogen) atoms. The summed E-state index contributed by atoms with van der Waals surface area (Å²) in [5, 5.41) is 11.7. The van der Waals surface area contributed by atoms with Crippen LogP contribution >= 0.6 is 0 Å². The summed E-state index contributed by atoms with van der Waals surface area (Å²) in [6.07, 6.45) is 0.874. The smallest absolute Gasteiger partial charge is 0.307 e. The number of hydrogen-bond donors (Lipinski definition) is 2. The summed E-state index contributed by atoms with van der Waals surface area (Å²) in [7, 11) is 0. The van der Waals surface area contributed by atoms with Crippen molar-refractivity contribution in [1.29, 1.82) is 0 Å². The predicted molar refractivity (Wildman–Crippen MR) is 103 cm³/mol. The molecule has 3 rings (SSSR count). The average Bonchev–Trinajstić information content (AvgIpc) is 3.03. The molecule has 0 aromatic heterocycles. The van der Waals surface area contributed by atoms with Crippen LogP contribution in [0.4, 0.5) is 11.4 Å². The largest absolute Gasteiger partial charge is 0.481 e. The summed E-state index contributed by atoms with van der Waals surface area (Å²) in [6, 6.07) is 14.5. The van der Waals surface area contributed by atoms with Crippen LogP contribution in [0.2, 0.25) is 0 Å². The van der Waals surface area contributed by atoms with Gasteiger partial charge in [-0.2, -0.15) is 0 Å². The van der Waals surface area contributed by atoms with Crippen molar-refractivity contribution in [2.75, 3.05) is 16.8 Å². The molecule has 1 aliphatic heterocycles. The summed E-state index contributed by atoms with van der Waals surface area (Å²) in [4.78, 5) is 37.6. The number of nitrogens with one attached hydrogen (secondary N) is 1. The van der Waals surface area contributed by atoms with Crippen LogP contribution in [0.25, 0.3) is 0 Å². The van der Waals surface area contributed by atoms with Crippen molar-refractivity contribution in [1.82, 2.24) is 0 Å². The van der Waals surface area contributed by atoms with Gasteiger partial charge in [-0.25, -0.2) is 0 Å². The third-order valence-corrected chi connectivity index (χ3v) is 4.71. The lowest BCUT2D eigenvalue weighted by atomic mass is 10.1. The molecule has 2 aromatic rings. The molecule has 6 heteroatoms. The SMILES string of the molecule is CCc1ccccc1N1CC(C(=O)Nc2cccc(CC(=O)O)c2)CC1=O. The van der Waals surface area contributed by atoms with Gasteiger partial charge >= 0.3 is 5.97 Å². The molecule has 6 nitrogen and oxygen atoms in total. The Kier molecular flexibility index (Phi) is 5.54. The number of para-hydroxylation sites is 1. The van der Waals surface area contributed by atoms with Gasteiger partial charge in [0.2, 0.25) is 11.8 Å². The first kappa shape index (κ1) is 18.6. The molecule has 140 valence electrons. The van der Waals surface area contributed by atoms with E-state index in [9.17, 15) is 14.4 Å². The van der Waals surface area contributed by atoms with Gasteiger partial charge in [0, 0.05) is 24.3 Å². The van der Waals surface area contributed by atoms with Gasteiger partial charge in [-0.1, -0.05) is 37.3 Å². The molecule has 1 atom stereocenters. The molecule has 1 unspecified atom stereocenters. The summed E-state index contributed by atoms with van der Waals surface area (Å²) in [5.41, 5.74) is 3.09. The van der Waals surface area contributed by atoms with E-state index in [-0.39, 0.29) is 24.7 Å². The Morgan fingerprint density at radius 3 is 2.70 bits per heavy atom. The topological polar surface area (TPSA) is 86.7 Å². The van der Waals surface area contributed by atoms with Crippen LogP contribution in [0.5, 0.6) is 0 Å². The Bertz CT molecular complexity index is 878. The van der Waals surface area contributed by atoms with E-state index in [1.807, 2.05) is 31.2 Å². The van der Waals surface area contributed by atoms with E-state index in [0.717, 1.165) is 17.7 Å². The zero-order chi connectivity index (χ0) is 19.4. The van der Waals surface area contributed by atoms with E-state index < -0.39 is 11.9 Å². The number of benzene rings is 2. The maximum Gasteiger partial charge on any atom is 0.307 e. The van der Waals surface area contributed by atoms with Crippen LogP contribution in [0, 0.1) is 5.92 Å². The molecular formula is C21H22N2O4. The number of aryl methyl sites for hydroxylation is 1. The number of aliphatic carboxylic acids is 1. The first-order chi connectivity index (χ1) is 13.0. The highest BCUT2D eigenvalue weighted by Gasteiger charge is 2.35. The Labute approximate surface area is 157 Å². The van der Waals surface area contributed by atoms with Gasteiger partial charge in [-0.15, -0.1) is 0 Å². The van der Waals surface area contributed by atoms with E-state index in [1.165, 1.54) is 0 Å². The summed E-state index contributed by atoms with van der Waals surface area (Å²) in [5.74, 6) is -1.65. The van der Waals surface area contributed by atoms with E-state index in [2.05, 4.69) is 5.32 Å². The van der Waals surface area contributed by atoms with Crippen molar-refractivity contribution in [3.05, 3.63) is 59.7 Å². The number of rotatable bonds is 6. The van der Waals surface area contributed by atoms with Crippen LogP contribution in [0.3, 0.4) is 0 Å². The molecule has 0 spiro atoms. The quantitative estimate of drug-likeness (QED) is 0.823. The van der Waals surface area contributed by atoms with Crippen molar-refractivity contribution in [2.45, 2.75) is 26.2 Å². The second kappa shape index (κ2) is 8.03. The van der Waals surface area contributed by atoms with Crippen molar-refractivity contribution >= 4 is 29.2 Å². The minimum absolute atomic E-state index is 0.0596. The predicted octanol–water partition coefficient (Wildman–Crippen LogP) is 2.87. The fraction of sp³-hybridized carbons (Fsp3) is 0.286.